The van der Waals surface area contributed by atoms with Crippen molar-refractivity contribution < 1.29 is 19.4 Å². The maximum Gasteiger partial charge on any atom is 0.342 e. The van der Waals surface area contributed by atoms with Crippen LogP contribution in [0.25, 0.3) is 16.6 Å². The highest BCUT2D eigenvalue weighted by Crippen LogP contribution is 2.45. The Labute approximate surface area is 219 Å². The number of hydrogen-bond acceptors (Lipinski definition) is 9. The van der Waals surface area contributed by atoms with Crippen molar-refractivity contribution in [1.82, 2.24) is 8.75 Å². The molecule has 2 aromatic carbocycles. The quantitative estimate of drug-likeness (QED) is 0.220. The van der Waals surface area contributed by atoms with Crippen molar-refractivity contribution >= 4 is 63.3 Å². The molecule has 4 heterocycles. The Morgan fingerprint density at radius 2 is 1.72 bits per heavy atom. The van der Waals surface area contributed by atoms with E-state index in [1.165, 1.54) is 11.3 Å². The first-order chi connectivity index (χ1) is 17.5. The van der Waals surface area contributed by atoms with Crippen LogP contribution < -0.4 is 0 Å². The molecule has 0 amide bonds. The lowest BCUT2D eigenvalue weighted by molar-refractivity contribution is -0.185. The van der Waals surface area contributed by atoms with Gasteiger partial charge in [-0.2, -0.15) is 31.4 Å². The standard InChI is InChI=1S/C22H16N2O3S2.C5H4OS/c1-13-2-5-16(6-3-13)22(26)17(10-14-8-9-28-12-14)20(21(25)27-22)15-4-7-18-19(11-15)24-29-23-18;6-3-5-1-2-7-4-5/h2-9,11-12,26H,10H2,1H3;1-4H. The zero-order chi connectivity index (χ0) is 25.1. The van der Waals surface area contributed by atoms with Crippen LogP contribution in [0, 0.1) is 6.92 Å². The third-order valence-corrected chi connectivity index (χ3v) is 7.77. The third-order valence-electron chi connectivity index (χ3n) is 5.78. The number of hydrogen-bond donors (Lipinski definition) is 1. The molecule has 0 saturated carbocycles. The fourth-order valence-corrected chi connectivity index (χ4v) is 5.72. The van der Waals surface area contributed by atoms with E-state index in [9.17, 15) is 14.7 Å². The lowest BCUT2D eigenvalue weighted by Gasteiger charge is -2.25. The van der Waals surface area contributed by atoms with Crippen LogP contribution in [0.3, 0.4) is 0 Å². The van der Waals surface area contributed by atoms with Crippen molar-refractivity contribution in [2.24, 2.45) is 0 Å². The van der Waals surface area contributed by atoms with Crippen LogP contribution >= 0.6 is 34.4 Å². The number of aliphatic hydroxyl groups is 1. The highest BCUT2D eigenvalue weighted by atomic mass is 32.1. The van der Waals surface area contributed by atoms with E-state index in [1.807, 2.05) is 64.8 Å². The molecule has 1 aliphatic heterocycles. The van der Waals surface area contributed by atoms with Gasteiger partial charge in [0.2, 0.25) is 0 Å². The van der Waals surface area contributed by atoms with Crippen molar-refractivity contribution in [3.8, 4) is 0 Å². The minimum atomic E-state index is -1.81. The van der Waals surface area contributed by atoms with Gasteiger partial charge in [-0.3, -0.25) is 4.79 Å². The van der Waals surface area contributed by atoms with Gasteiger partial charge < -0.3 is 9.84 Å². The molecule has 0 fully saturated rings. The number of esters is 1. The van der Waals surface area contributed by atoms with Crippen LogP contribution in [-0.2, 0) is 21.7 Å². The molecule has 1 unspecified atom stereocenters. The summed E-state index contributed by atoms with van der Waals surface area (Å²) in [5, 5.41) is 19.2. The van der Waals surface area contributed by atoms with E-state index in [-0.39, 0.29) is 0 Å². The van der Waals surface area contributed by atoms with E-state index in [4.69, 9.17) is 4.74 Å². The van der Waals surface area contributed by atoms with Crippen molar-refractivity contribution in [2.75, 3.05) is 0 Å². The van der Waals surface area contributed by atoms with Gasteiger partial charge >= 0.3 is 5.97 Å². The minimum Gasteiger partial charge on any atom is -0.421 e. The fraction of sp³-hybridized carbons (Fsp3) is 0.111. The Morgan fingerprint density at radius 3 is 2.39 bits per heavy atom. The summed E-state index contributed by atoms with van der Waals surface area (Å²) in [6.45, 7) is 1.97. The number of carbonyl (C=O) groups is 2. The van der Waals surface area contributed by atoms with E-state index in [0.29, 0.717) is 34.2 Å². The molecule has 6 rings (SSSR count). The van der Waals surface area contributed by atoms with Crippen LogP contribution in [0.2, 0.25) is 0 Å². The number of aryl methyl sites for hydroxylation is 1. The van der Waals surface area contributed by atoms with Gasteiger partial charge in [0.15, 0.2) is 6.29 Å². The molecule has 180 valence electrons. The Kier molecular flexibility index (Phi) is 6.88. The van der Waals surface area contributed by atoms with Gasteiger partial charge in [-0.1, -0.05) is 35.9 Å². The second kappa shape index (κ2) is 10.2. The summed E-state index contributed by atoms with van der Waals surface area (Å²) in [6, 6.07) is 16.7. The van der Waals surface area contributed by atoms with Gasteiger partial charge in [0.25, 0.3) is 5.79 Å². The molecular formula is C27H20N2O4S3. The van der Waals surface area contributed by atoms with Crippen LogP contribution in [0.15, 0.2) is 81.7 Å². The highest BCUT2D eigenvalue weighted by molar-refractivity contribution is 7.08. The maximum atomic E-state index is 13.0. The van der Waals surface area contributed by atoms with Gasteiger partial charge in [0.05, 0.1) is 17.3 Å². The summed E-state index contributed by atoms with van der Waals surface area (Å²) in [5.74, 6) is -2.35. The summed E-state index contributed by atoms with van der Waals surface area (Å²) in [7, 11) is 0. The number of carbonyl (C=O) groups excluding carboxylic acids is 2. The number of rotatable bonds is 5. The number of aromatic nitrogens is 2. The number of nitrogens with zero attached hydrogens (tertiary/aromatic N) is 2. The van der Waals surface area contributed by atoms with Gasteiger partial charge in [-0.15, -0.1) is 0 Å². The van der Waals surface area contributed by atoms with E-state index >= 15 is 0 Å². The predicted molar refractivity (Wildman–Crippen MR) is 143 cm³/mol. The molecule has 0 saturated heterocycles. The Bertz CT molecular complexity index is 1540. The summed E-state index contributed by atoms with van der Waals surface area (Å²) in [5.41, 5.74) is 6.46. The molecule has 1 aliphatic rings. The van der Waals surface area contributed by atoms with Crippen molar-refractivity contribution in [1.29, 1.82) is 0 Å². The molecule has 0 radical (unpaired) electrons. The van der Waals surface area contributed by atoms with E-state index in [2.05, 4.69) is 8.75 Å². The lowest BCUT2D eigenvalue weighted by atomic mass is 9.88. The summed E-state index contributed by atoms with van der Waals surface area (Å²) in [6.07, 6.45) is 1.25. The molecule has 0 aliphatic carbocycles. The molecule has 0 spiro atoms. The first kappa shape index (κ1) is 24.2. The van der Waals surface area contributed by atoms with Crippen LogP contribution in [0.1, 0.15) is 32.6 Å². The topological polar surface area (TPSA) is 89.4 Å². The maximum absolute atomic E-state index is 13.0. The molecule has 1 N–H and O–H groups in total. The first-order valence-corrected chi connectivity index (χ1v) is 13.6. The SMILES string of the molecule is Cc1ccc(C2(O)OC(=O)C(c3ccc4nsnc4c3)=C2Cc2ccsc2)cc1.O=Cc1ccsc1. The minimum absolute atomic E-state index is 0.383. The number of fused-ring (bicyclic) bond motifs is 1. The van der Waals surface area contributed by atoms with Gasteiger partial charge in [0, 0.05) is 28.5 Å². The summed E-state index contributed by atoms with van der Waals surface area (Å²) >= 11 is 4.24. The zero-order valence-electron chi connectivity index (χ0n) is 19.1. The fourth-order valence-electron chi connectivity index (χ4n) is 3.93. The highest BCUT2D eigenvalue weighted by Gasteiger charge is 2.48. The third kappa shape index (κ3) is 4.78. The van der Waals surface area contributed by atoms with Gasteiger partial charge in [-0.05, 0) is 58.5 Å². The van der Waals surface area contributed by atoms with Crippen molar-refractivity contribution in [3.63, 3.8) is 0 Å². The molecule has 3 aromatic heterocycles. The van der Waals surface area contributed by atoms with Crippen molar-refractivity contribution in [2.45, 2.75) is 19.1 Å². The number of cyclic esters (lactones) is 1. The molecular weight excluding hydrogens is 513 g/mol. The average Bonchev–Trinajstić information content (AvgIpc) is 3.69. The number of aldehydes is 1. The smallest absolute Gasteiger partial charge is 0.342 e. The summed E-state index contributed by atoms with van der Waals surface area (Å²) < 4.78 is 14.1. The van der Waals surface area contributed by atoms with Crippen LogP contribution in [-0.4, -0.2) is 26.1 Å². The second-order valence-corrected chi connectivity index (χ2v) is 10.3. The molecule has 0 bridgehead atoms. The van der Waals surface area contributed by atoms with E-state index < -0.39 is 11.8 Å². The number of thiophene rings is 2. The molecule has 36 heavy (non-hydrogen) atoms. The van der Waals surface area contributed by atoms with Gasteiger partial charge in [0.1, 0.15) is 11.0 Å². The molecule has 5 aromatic rings. The largest absolute Gasteiger partial charge is 0.421 e. The van der Waals surface area contributed by atoms with Gasteiger partial charge in [-0.25, -0.2) is 4.79 Å². The monoisotopic (exact) mass is 532 g/mol. The first-order valence-electron chi connectivity index (χ1n) is 11.0. The number of ether oxygens (including phenoxy) is 1. The number of benzene rings is 2. The Hall–Kier alpha value is -3.50. The van der Waals surface area contributed by atoms with Crippen LogP contribution in [0.4, 0.5) is 0 Å². The lowest BCUT2D eigenvalue weighted by Crippen LogP contribution is -2.29. The average molecular weight is 533 g/mol. The van der Waals surface area contributed by atoms with Crippen LogP contribution in [0.5, 0.6) is 0 Å². The normalized spacial score (nSPS) is 17.1. The van der Waals surface area contributed by atoms with Crippen molar-refractivity contribution in [3.05, 3.63) is 110 Å². The molecule has 6 nitrogen and oxygen atoms in total. The zero-order valence-corrected chi connectivity index (χ0v) is 21.5. The Morgan fingerprint density at radius 1 is 0.972 bits per heavy atom. The van der Waals surface area contributed by atoms with E-state index in [0.717, 1.165) is 40.2 Å². The molecule has 9 heteroatoms. The second-order valence-electron chi connectivity index (χ2n) is 8.20. The Balaban J connectivity index is 0.000000330. The predicted octanol–water partition coefficient (Wildman–Crippen LogP) is 6.02. The summed E-state index contributed by atoms with van der Waals surface area (Å²) in [4.78, 5) is 22.8. The van der Waals surface area contributed by atoms with E-state index in [1.54, 1.807) is 29.5 Å². The molecule has 1 atom stereocenters.